The second-order valence-electron chi connectivity index (χ2n) is 9.08. The number of piperazine rings is 1. The first-order chi connectivity index (χ1) is 17.7. The lowest BCUT2D eigenvalue weighted by Gasteiger charge is -2.36. The van der Waals surface area contributed by atoms with Crippen molar-refractivity contribution < 1.29 is 27.9 Å². The molecule has 37 heavy (non-hydrogen) atoms. The molecule has 2 heterocycles. The molecule has 1 atom stereocenters. The Labute approximate surface area is 217 Å². The van der Waals surface area contributed by atoms with E-state index in [0.29, 0.717) is 25.3 Å². The molecular weight excluding hydrogens is 507 g/mol. The normalized spacial score (nSPS) is 17.1. The molecule has 1 fully saturated rings. The maximum Gasteiger partial charge on any atom is 0.416 e. The van der Waals surface area contributed by atoms with Gasteiger partial charge >= 0.3 is 6.18 Å². The van der Waals surface area contributed by atoms with Crippen molar-refractivity contribution in [2.24, 2.45) is 5.73 Å². The molecule has 2 aromatic rings. The summed E-state index contributed by atoms with van der Waals surface area (Å²) in [6, 6.07) is 10.6. The molecule has 2 aromatic carbocycles. The number of para-hydroxylation sites is 1. The van der Waals surface area contributed by atoms with Gasteiger partial charge in [0.15, 0.2) is 0 Å². The Hall–Kier alpha value is -2.80. The van der Waals surface area contributed by atoms with E-state index in [0.717, 1.165) is 47.6 Å². The van der Waals surface area contributed by atoms with E-state index in [4.69, 9.17) is 10.8 Å². The number of fused-ring (bicyclic) bond motifs is 2. The molecule has 2 amide bonds. The fourth-order valence-corrected chi connectivity index (χ4v) is 5.60. The number of primary amides is 1. The highest BCUT2D eigenvalue weighted by molar-refractivity contribution is 7.99. The van der Waals surface area contributed by atoms with E-state index in [1.807, 2.05) is 34.1 Å². The predicted octanol–water partition coefficient (Wildman–Crippen LogP) is 2.28. The van der Waals surface area contributed by atoms with E-state index in [-0.39, 0.29) is 12.5 Å². The average Bonchev–Trinajstić information content (AvgIpc) is 2.86. The molecule has 2 aliphatic rings. The van der Waals surface area contributed by atoms with Gasteiger partial charge in [-0.3, -0.25) is 14.5 Å². The van der Waals surface area contributed by atoms with Crippen molar-refractivity contribution >= 4 is 35.0 Å². The van der Waals surface area contributed by atoms with Gasteiger partial charge in [0.25, 0.3) is 0 Å². The largest absolute Gasteiger partial charge is 0.416 e. The van der Waals surface area contributed by atoms with E-state index in [9.17, 15) is 22.8 Å². The number of hydrogen-bond acceptors (Lipinski definition) is 7. The monoisotopic (exact) mass is 537 g/mol. The molecule has 0 spiro atoms. The molecule has 0 aliphatic carbocycles. The second kappa shape index (κ2) is 11.7. The van der Waals surface area contributed by atoms with Crippen molar-refractivity contribution in [3.8, 4) is 0 Å². The van der Waals surface area contributed by atoms with Gasteiger partial charge in [0.05, 0.1) is 30.1 Å². The minimum Gasteiger partial charge on any atom is -0.394 e. The first-order valence-electron chi connectivity index (χ1n) is 12.1. The standard InChI is InChI=1S/C25H30F3N5O3S/c26-25(27,28)17-6-7-22-20(14-17)33(19-4-1-2-5-21(19)37-22)9-3-8-31-10-12-32(13-11-31)15-23(35)30-18(16-34)24(29)36/h1-2,4-7,14,18,34H,3,8-13,15-16H2,(H2,29,36)(H,30,35)/t18-/m0/s1. The SMILES string of the molecule is NC(=O)[C@H](CO)NC(=O)CN1CCN(CCCN2c3ccccc3Sc3ccc(C(F)(F)F)cc32)CC1. The molecule has 2 aliphatic heterocycles. The summed E-state index contributed by atoms with van der Waals surface area (Å²) in [6.07, 6.45) is -3.65. The maximum atomic E-state index is 13.4. The van der Waals surface area contributed by atoms with E-state index < -0.39 is 30.3 Å². The summed E-state index contributed by atoms with van der Waals surface area (Å²) in [5, 5.41) is 11.6. The predicted molar refractivity (Wildman–Crippen MR) is 135 cm³/mol. The lowest BCUT2D eigenvalue weighted by atomic mass is 10.1. The van der Waals surface area contributed by atoms with Crippen LogP contribution < -0.4 is 16.0 Å². The number of aliphatic hydroxyl groups is 1. The second-order valence-corrected chi connectivity index (χ2v) is 10.2. The number of carbonyl (C=O) groups excluding carboxylic acids is 2. The maximum absolute atomic E-state index is 13.4. The number of halogens is 3. The summed E-state index contributed by atoms with van der Waals surface area (Å²) in [5.41, 5.74) is 5.97. The Balaban J connectivity index is 1.32. The number of amides is 2. The summed E-state index contributed by atoms with van der Waals surface area (Å²) < 4.78 is 40.2. The molecule has 12 heteroatoms. The van der Waals surface area contributed by atoms with Gasteiger partial charge < -0.3 is 26.0 Å². The lowest BCUT2D eigenvalue weighted by molar-refractivity contribution is -0.137. The van der Waals surface area contributed by atoms with Crippen molar-refractivity contribution in [3.63, 3.8) is 0 Å². The summed E-state index contributed by atoms with van der Waals surface area (Å²) in [6.45, 7) is 3.72. The van der Waals surface area contributed by atoms with Crippen LogP contribution in [-0.2, 0) is 15.8 Å². The molecule has 4 N–H and O–H groups in total. The average molecular weight is 538 g/mol. The number of rotatable bonds is 9. The van der Waals surface area contributed by atoms with Gasteiger partial charge in [-0.2, -0.15) is 13.2 Å². The molecule has 4 rings (SSSR count). The zero-order valence-electron chi connectivity index (χ0n) is 20.2. The zero-order chi connectivity index (χ0) is 26.6. The van der Waals surface area contributed by atoms with Crippen LogP contribution in [0.3, 0.4) is 0 Å². The van der Waals surface area contributed by atoms with E-state index in [1.54, 1.807) is 6.07 Å². The Morgan fingerprint density at radius 3 is 2.35 bits per heavy atom. The van der Waals surface area contributed by atoms with Gasteiger partial charge in [0.1, 0.15) is 6.04 Å². The Morgan fingerprint density at radius 1 is 1.00 bits per heavy atom. The van der Waals surface area contributed by atoms with Gasteiger partial charge in [-0.1, -0.05) is 23.9 Å². The first kappa shape index (κ1) is 27.2. The first-order valence-corrected chi connectivity index (χ1v) is 12.9. The zero-order valence-corrected chi connectivity index (χ0v) is 21.0. The van der Waals surface area contributed by atoms with Crippen LogP contribution >= 0.6 is 11.8 Å². The quantitative estimate of drug-likeness (QED) is 0.451. The lowest BCUT2D eigenvalue weighted by Crippen LogP contribution is -2.53. The van der Waals surface area contributed by atoms with E-state index >= 15 is 0 Å². The molecular formula is C25H30F3N5O3S. The number of benzene rings is 2. The van der Waals surface area contributed by atoms with Crippen molar-refractivity contribution in [2.45, 2.75) is 28.4 Å². The Bertz CT molecular complexity index is 1120. The number of nitrogens with one attached hydrogen (secondary N) is 1. The molecule has 0 saturated carbocycles. The highest BCUT2D eigenvalue weighted by atomic mass is 32.2. The number of hydrogen-bond donors (Lipinski definition) is 3. The smallest absolute Gasteiger partial charge is 0.394 e. The molecule has 0 radical (unpaired) electrons. The number of nitrogens with zero attached hydrogens (tertiary/aromatic N) is 3. The van der Waals surface area contributed by atoms with Crippen molar-refractivity contribution in [2.75, 3.05) is 57.3 Å². The third-order valence-electron chi connectivity index (χ3n) is 6.50. The summed E-state index contributed by atoms with van der Waals surface area (Å²) in [4.78, 5) is 31.4. The van der Waals surface area contributed by atoms with Crippen LogP contribution in [0.5, 0.6) is 0 Å². The van der Waals surface area contributed by atoms with Crippen molar-refractivity contribution in [1.82, 2.24) is 15.1 Å². The number of nitrogens with two attached hydrogens (primary N) is 1. The third kappa shape index (κ3) is 6.75. The van der Waals surface area contributed by atoms with Crippen LogP contribution in [0.4, 0.5) is 24.5 Å². The van der Waals surface area contributed by atoms with Gasteiger partial charge in [0, 0.05) is 42.5 Å². The fourth-order valence-electron chi connectivity index (χ4n) is 4.52. The van der Waals surface area contributed by atoms with Crippen LogP contribution in [0.1, 0.15) is 12.0 Å². The summed E-state index contributed by atoms with van der Waals surface area (Å²) in [5.74, 6) is -1.15. The highest BCUT2D eigenvalue weighted by Gasteiger charge is 2.33. The Morgan fingerprint density at radius 2 is 1.68 bits per heavy atom. The summed E-state index contributed by atoms with van der Waals surface area (Å²) >= 11 is 1.48. The van der Waals surface area contributed by atoms with E-state index in [2.05, 4.69) is 10.2 Å². The number of carbonyl (C=O) groups is 2. The van der Waals surface area contributed by atoms with Gasteiger partial charge in [-0.25, -0.2) is 0 Å². The van der Waals surface area contributed by atoms with Gasteiger partial charge in [0.2, 0.25) is 11.8 Å². The Kier molecular flexibility index (Phi) is 8.63. The van der Waals surface area contributed by atoms with Crippen molar-refractivity contribution in [1.29, 1.82) is 0 Å². The minimum atomic E-state index is -4.40. The number of aliphatic hydroxyl groups excluding tert-OH is 1. The minimum absolute atomic E-state index is 0.109. The van der Waals surface area contributed by atoms with Crippen LogP contribution in [0, 0.1) is 0 Å². The topological polar surface area (TPSA) is 102 Å². The van der Waals surface area contributed by atoms with E-state index in [1.165, 1.54) is 17.8 Å². The molecule has 8 nitrogen and oxygen atoms in total. The van der Waals surface area contributed by atoms with Crippen LogP contribution in [0.15, 0.2) is 52.3 Å². The third-order valence-corrected chi connectivity index (χ3v) is 7.63. The van der Waals surface area contributed by atoms with Crippen LogP contribution in [0.25, 0.3) is 0 Å². The van der Waals surface area contributed by atoms with Gasteiger partial charge in [-0.05, 0) is 43.3 Å². The van der Waals surface area contributed by atoms with Crippen molar-refractivity contribution in [3.05, 3.63) is 48.0 Å². The molecule has 200 valence electrons. The number of alkyl halides is 3. The number of anilines is 2. The summed E-state index contributed by atoms with van der Waals surface area (Å²) in [7, 11) is 0. The van der Waals surface area contributed by atoms with Crippen LogP contribution in [-0.4, -0.2) is 85.2 Å². The fraction of sp³-hybridized carbons (Fsp3) is 0.440. The molecule has 0 unspecified atom stereocenters. The van der Waals surface area contributed by atoms with Gasteiger partial charge in [-0.15, -0.1) is 0 Å². The molecule has 0 aromatic heterocycles. The highest BCUT2D eigenvalue weighted by Crippen LogP contribution is 2.49. The van der Waals surface area contributed by atoms with Crippen LogP contribution in [0.2, 0.25) is 0 Å². The molecule has 0 bridgehead atoms. The molecule has 1 saturated heterocycles.